The van der Waals surface area contributed by atoms with Crippen LogP contribution in [0.1, 0.15) is 50.7 Å². The molecule has 0 aliphatic carbocycles. The van der Waals surface area contributed by atoms with Crippen LogP contribution in [-0.4, -0.2) is 8.32 Å². The van der Waals surface area contributed by atoms with Gasteiger partial charge in [-0.1, -0.05) is 45.9 Å². The second-order valence-corrected chi connectivity index (χ2v) is 10.7. The van der Waals surface area contributed by atoms with Gasteiger partial charge in [-0.3, -0.25) is 0 Å². The molecule has 0 spiro atoms. The van der Waals surface area contributed by atoms with Gasteiger partial charge in [0.15, 0.2) is 0 Å². The van der Waals surface area contributed by atoms with Gasteiger partial charge in [-0.05, 0) is 42.6 Å². The highest BCUT2D eigenvalue weighted by Gasteiger charge is 2.22. The molecular formula is C15H26OSi. The molecule has 96 valence electrons. The lowest BCUT2D eigenvalue weighted by Gasteiger charge is -2.26. The van der Waals surface area contributed by atoms with E-state index in [2.05, 4.69) is 65.5 Å². The molecule has 1 nitrogen and oxygen atoms in total. The molecular weight excluding hydrogens is 224 g/mol. The summed E-state index contributed by atoms with van der Waals surface area (Å²) in [5, 5.41) is 0. The maximum Gasteiger partial charge on any atom is 0.242 e. The van der Waals surface area contributed by atoms with Crippen molar-refractivity contribution >= 4 is 8.32 Å². The quantitative estimate of drug-likeness (QED) is 0.672. The Labute approximate surface area is 107 Å². The summed E-state index contributed by atoms with van der Waals surface area (Å²) in [6, 6.07) is 6.56. The minimum atomic E-state index is -1.55. The van der Waals surface area contributed by atoms with Gasteiger partial charge in [-0.2, -0.15) is 0 Å². The molecule has 0 unspecified atom stereocenters. The Hall–Kier alpha value is -0.763. The Morgan fingerprint density at radius 1 is 0.882 bits per heavy atom. The lowest BCUT2D eigenvalue weighted by Crippen LogP contribution is -2.30. The minimum Gasteiger partial charge on any atom is -0.544 e. The van der Waals surface area contributed by atoms with Crippen molar-refractivity contribution in [3.05, 3.63) is 29.3 Å². The molecule has 0 fully saturated rings. The van der Waals surface area contributed by atoms with Crippen LogP contribution in [0.5, 0.6) is 5.75 Å². The van der Waals surface area contributed by atoms with Crippen LogP contribution in [0.2, 0.25) is 19.6 Å². The molecule has 0 radical (unpaired) electrons. The van der Waals surface area contributed by atoms with Crippen molar-refractivity contribution in [2.24, 2.45) is 0 Å². The summed E-state index contributed by atoms with van der Waals surface area (Å²) in [6.07, 6.45) is 0. The predicted octanol–water partition coefficient (Wildman–Crippen LogP) is 5.15. The Balaban J connectivity index is 3.29. The number of rotatable bonds is 4. The van der Waals surface area contributed by atoms with E-state index in [0.717, 1.165) is 5.75 Å². The summed E-state index contributed by atoms with van der Waals surface area (Å²) in [5.74, 6) is 2.18. The van der Waals surface area contributed by atoms with Gasteiger partial charge in [0.1, 0.15) is 5.75 Å². The van der Waals surface area contributed by atoms with Crippen molar-refractivity contribution in [1.29, 1.82) is 0 Å². The van der Waals surface area contributed by atoms with E-state index in [0.29, 0.717) is 11.8 Å². The van der Waals surface area contributed by atoms with Gasteiger partial charge in [0.05, 0.1) is 0 Å². The molecule has 0 bridgehead atoms. The SMILES string of the molecule is CC(C)c1cccc(C(C)C)c1O[Si](C)(C)C. The van der Waals surface area contributed by atoms with Crippen molar-refractivity contribution in [3.63, 3.8) is 0 Å². The maximum atomic E-state index is 6.33. The van der Waals surface area contributed by atoms with E-state index < -0.39 is 8.32 Å². The van der Waals surface area contributed by atoms with Gasteiger partial charge in [0.2, 0.25) is 8.32 Å². The molecule has 0 amide bonds. The first-order chi connectivity index (χ1) is 7.72. The zero-order chi connectivity index (χ0) is 13.2. The lowest BCUT2D eigenvalue weighted by molar-refractivity contribution is 0.531. The molecule has 0 heterocycles. The molecule has 0 saturated heterocycles. The van der Waals surface area contributed by atoms with Gasteiger partial charge in [-0.15, -0.1) is 0 Å². The van der Waals surface area contributed by atoms with E-state index in [1.165, 1.54) is 11.1 Å². The van der Waals surface area contributed by atoms with Crippen LogP contribution < -0.4 is 4.43 Å². The molecule has 17 heavy (non-hydrogen) atoms. The molecule has 0 saturated carbocycles. The van der Waals surface area contributed by atoms with Gasteiger partial charge >= 0.3 is 0 Å². The largest absolute Gasteiger partial charge is 0.544 e. The third kappa shape index (κ3) is 3.88. The fourth-order valence-corrected chi connectivity index (χ4v) is 2.75. The van der Waals surface area contributed by atoms with Crippen molar-refractivity contribution in [1.82, 2.24) is 0 Å². The van der Waals surface area contributed by atoms with Gasteiger partial charge in [-0.25, -0.2) is 0 Å². The highest BCUT2D eigenvalue weighted by atomic mass is 28.4. The predicted molar refractivity (Wildman–Crippen MR) is 78.6 cm³/mol. The van der Waals surface area contributed by atoms with E-state index in [1.54, 1.807) is 0 Å². The van der Waals surface area contributed by atoms with Gasteiger partial charge in [0, 0.05) is 0 Å². The molecule has 1 rings (SSSR count). The zero-order valence-electron chi connectivity index (χ0n) is 12.3. The van der Waals surface area contributed by atoms with E-state index in [9.17, 15) is 0 Å². The van der Waals surface area contributed by atoms with E-state index in [1.807, 2.05) is 0 Å². The molecule has 0 aliphatic rings. The minimum absolute atomic E-state index is 0.514. The van der Waals surface area contributed by atoms with Crippen LogP contribution in [0.4, 0.5) is 0 Å². The molecule has 0 atom stereocenters. The van der Waals surface area contributed by atoms with E-state index in [4.69, 9.17) is 4.43 Å². The second kappa shape index (κ2) is 5.26. The topological polar surface area (TPSA) is 9.23 Å². The standard InChI is InChI=1S/C15H26OSi/c1-11(2)13-9-8-10-14(12(3)4)15(13)16-17(5,6)7/h8-12H,1-7H3. The summed E-state index contributed by atoms with van der Waals surface area (Å²) in [6.45, 7) is 15.7. The van der Waals surface area contributed by atoms with Crippen LogP contribution in [0, 0.1) is 0 Å². The molecule has 0 N–H and O–H groups in total. The summed E-state index contributed by atoms with van der Waals surface area (Å²) in [7, 11) is -1.55. The fourth-order valence-electron chi connectivity index (χ4n) is 1.91. The zero-order valence-corrected chi connectivity index (χ0v) is 13.3. The van der Waals surface area contributed by atoms with Crippen LogP contribution in [0.3, 0.4) is 0 Å². The molecule has 0 aliphatic heterocycles. The second-order valence-electron chi connectivity index (χ2n) is 6.29. The number of hydrogen-bond donors (Lipinski definition) is 0. The number of para-hydroxylation sites is 1. The average Bonchev–Trinajstić information content (AvgIpc) is 2.14. The Kier molecular flexibility index (Phi) is 4.42. The van der Waals surface area contributed by atoms with Crippen molar-refractivity contribution < 1.29 is 4.43 Å². The fraction of sp³-hybridized carbons (Fsp3) is 0.600. The highest BCUT2D eigenvalue weighted by molar-refractivity contribution is 6.70. The molecule has 1 aromatic rings. The van der Waals surface area contributed by atoms with Crippen molar-refractivity contribution in [3.8, 4) is 5.75 Å². The lowest BCUT2D eigenvalue weighted by atomic mass is 9.94. The highest BCUT2D eigenvalue weighted by Crippen LogP contribution is 2.35. The Bertz CT molecular complexity index is 349. The molecule has 1 aromatic carbocycles. The van der Waals surface area contributed by atoms with E-state index >= 15 is 0 Å². The third-order valence-electron chi connectivity index (χ3n) is 2.73. The normalized spacial score (nSPS) is 12.3. The number of benzene rings is 1. The maximum absolute atomic E-state index is 6.33. The summed E-state index contributed by atoms with van der Waals surface area (Å²) in [4.78, 5) is 0. The Morgan fingerprint density at radius 3 is 1.59 bits per heavy atom. The Morgan fingerprint density at radius 2 is 1.29 bits per heavy atom. The van der Waals surface area contributed by atoms with E-state index in [-0.39, 0.29) is 0 Å². The van der Waals surface area contributed by atoms with Gasteiger partial charge in [0.25, 0.3) is 0 Å². The van der Waals surface area contributed by atoms with Crippen LogP contribution in [0.25, 0.3) is 0 Å². The number of hydrogen-bond acceptors (Lipinski definition) is 1. The van der Waals surface area contributed by atoms with Gasteiger partial charge < -0.3 is 4.43 Å². The third-order valence-corrected chi connectivity index (χ3v) is 3.54. The first-order valence-electron chi connectivity index (χ1n) is 6.54. The molecule has 2 heteroatoms. The molecule has 0 aromatic heterocycles. The first-order valence-corrected chi connectivity index (χ1v) is 9.95. The first kappa shape index (κ1) is 14.3. The van der Waals surface area contributed by atoms with Crippen molar-refractivity contribution in [2.75, 3.05) is 0 Å². The van der Waals surface area contributed by atoms with Crippen molar-refractivity contribution in [2.45, 2.75) is 59.2 Å². The van der Waals surface area contributed by atoms with Crippen LogP contribution in [0.15, 0.2) is 18.2 Å². The smallest absolute Gasteiger partial charge is 0.242 e. The van der Waals surface area contributed by atoms with Crippen LogP contribution >= 0.6 is 0 Å². The summed E-state index contributed by atoms with van der Waals surface area (Å²) < 4.78 is 6.33. The summed E-state index contributed by atoms with van der Waals surface area (Å²) >= 11 is 0. The van der Waals surface area contributed by atoms with Crippen LogP contribution in [-0.2, 0) is 0 Å². The summed E-state index contributed by atoms with van der Waals surface area (Å²) in [5.41, 5.74) is 2.69. The average molecular weight is 250 g/mol. The monoisotopic (exact) mass is 250 g/mol.